The van der Waals surface area contributed by atoms with Crippen LogP contribution in [0.15, 0.2) is 23.8 Å². The zero-order chi connectivity index (χ0) is 8.91. The maximum atomic E-state index is 9.28. The lowest BCUT2D eigenvalue weighted by Crippen LogP contribution is -2.13. The third-order valence-electron chi connectivity index (χ3n) is 1.31. The van der Waals surface area contributed by atoms with Crippen LogP contribution >= 0.6 is 0 Å². The summed E-state index contributed by atoms with van der Waals surface area (Å²) in [5.41, 5.74) is 0.520. The van der Waals surface area contributed by atoms with Crippen molar-refractivity contribution in [3.63, 3.8) is 0 Å². The summed E-state index contributed by atoms with van der Waals surface area (Å²) in [6, 6.07) is 0. The van der Waals surface area contributed by atoms with Gasteiger partial charge in [0.25, 0.3) is 0 Å². The van der Waals surface area contributed by atoms with E-state index in [0.29, 0.717) is 0 Å². The Morgan fingerprint density at radius 1 is 1.55 bits per heavy atom. The van der Waals surface area contributed by atoms with Crippen molar-refractivity contribution in [3.05, 3.63) is 30.7 Å². The molecule has 0 saturated heterocycles. The predicted octanol–water partition coefficient (Wildman–Crippen LogP) is 2.48. The van der Waals surface area contributed by atoms with E-state index < -0.39 is 5.60 Å². The molecule has 0 rings (SSSR count). The molecule has 0 unspecified atom stereocenters. The van der Waals surface area contributed by atoms with Crippen LogP contribution in [0.4, 0.5) is 0 Å². The average molecular weight is 153 g/mol. The van der Waals surface area contributed by atoms with Gasteiger partial charge in [0.1, 0.15) is 0 Å². The highest BCUT2D eigenvalue weighted by Crippen LogP contribution is 2.06. The number of aliphatic hydroxyl groups is 1. The SMILES string of the molecule is [CH2]C=C(C)CC=CC(C)(C)O. The van der Waals surface area contributed by atoms with Crippen molar-refractivity contribution in [2.24, 2.45) is 0 Å². The van der Waals surface area contributed by atoms with E-state index in [2.05, 4.69) is 6.92 Å². The monoisotopic (exact) mass is 153 g/mol. The first-order chi connectivity index (χ1) is 4.95. The van der Waals surface area contributed by atoms with E-state index in [1.807, 2.05) is 19.1 Å². The van der Waals surface area contributed by atoms with Crippen molar-refractivity contribution in [3.8, 4) is 0 Å². The summed E-state index contributed by atoms with van der Waals surface area (Å²) in [6.07, 6.45) is 6.44. The molecule has 11 heavy (non-hydrogen) atoms. The molecule has 0 aromatic heterocycles. The van der Waals surface area contributed by atoms with Crippen LogP contribution < -0.4 is 0 Å². The highest BCUT2D eigenvalue weighted by atomic mass is 16.3. The Hall–Kier alpha value is -0.560. The summed E-state index contributed by atoms with van der Waals surface area (Å²) in [5.74, 6) is 0. The third kappa shape index (κ3) is 7.34. The highest BCUT2D eigenvalue weighted by molar-refractivity contribution is 5.07. The molecule has 0 saturated carbocycles. The number of allylic oxidation sites excluding steroid dienone is 3. The lowest BCUT2D eigenvalue weighted by molar-refractivity contribution is 0.133. The summed E-state index contributed by atoms with van der Waals surface area (Å²) in [4.78, 5) is 0. The van der Waals surface area contributed by atoms with Gasteiger partial charge in [-0.2, -0.15) is 0 Å². The van der Waals surface area contributed by atoms with E-state index in [0.717, 1.165) is 6.42 Å². The van der Waals surface area contributed by atoms with Gasteiger partial charge in [0, 0.05) is 0 Å². The van der Waals surface area contributed by atoms with Crippen LogP contribution in [-0.4, -0.2) is 10.7 Å². The number of hydrogen-bond donors (Lipinski definition) is 1. The Morgan fingerprint density at radius 3 is 2.45 bits per heavy atom. The average Bonchev–Trinajstić information content (AvgIpc) is 1.85. The fraction of sp³-hybridized carbons (Fsp3) is 0.500. The Labute approximate surface area is 69.4 Å². The van der Waals surface area contributed by atoms with Crippen molar-refractivity contribution in [2.75, 3.05) is 0 Å². The van der Waals surface area contributed by atoms with Crippen molar-refractivity contribution in [2.45, 2.75) is 32.8 Å². The van der Waals surface area contributed by atoms with E-state index in [4.69, 9.17) is 0 Å². The molecule has 0 atom stereocenters. The molecular weight excluding hydrogens is 136 g/mol. The van der Waals surface area contributed by atoms with Gasteiger partial charge in [-0.15, -0.1) is 0 Å². The summed E-state index contributed by atoms with van der Waals surface area (Å²) in [7, 11) is 0. The quantitative estimate of drug-likeness (QED) is 0.617. The minimum atomic E-state index is -0.693. The van der Waals surface area contributed by atoms with E-state index in [1.165, 1.54) is 5.57 Å². The summed E-state index contributed by atoms with van der Waals surface area (Å²) in [5, 5.41) is 9.28. The number of rotatable bonds is 3. The van der Waals surface area contributed by atoms with Crippen LogP contribution in [0.3, 0.4) is 0 Å². The van der Waals surface area contributed by atoms with E-state index >= 15 is 0 Å². The molecule has 0 aromatic rings. The van der Waals surface area contributed by atoms with Crippen molar-refractivity contribution < 1.29 is 5.11 Å². The van der Waals surface area contributed by atoms with Crippen LogP contribution in [-0.2, 0) is 0 Å². The minimum Gasteiger partial charge on any atom is -0.386 e. The van der Waals surface area contributed by atoms with Crippen molar-refractivity contribution in [1.82, 2.24) is 0 Å². The molecule has 1 heteroatoms. The molecule has 63 valence electrons. The zero-order valence-electron chi connectivity index (χ0n) is 7.59. The van der Waals surface area contributed by atoms with Crippen LogP contribution in [0.5, 0.6) is 0 Å². The van der Waals surface area contributed by atoms with Gasteiger partial charge in [0.05, 0.1) is 5.60 Å². The highest BCUT2D eigenvalue weighted by Gasteiger charge is 2.04. The molecule has 0 amide bonds. The minimum absolute atomic E-state index is 0.693. The van der Waals surface area contributed by atoms with E-state index in [1.54, 1.807) is 19.9 Å². The third-order valence-corrected chi connectivity index (χ3v) is 1.31. The first-order valence-corrected chi connectivity index (χ1v) is 3.80. The van der Waals surface area contributed by atoms with Crippen LogP contribution in [0.25, 0.3) is 0 Å². The molecule has 0 fully saturated rings. The van der Waals surface area contributed by atoms with Gasteiger partial charge in [-0.3, -0.25) is 0 Å². The lowest BCUT2D eigenvalue weighted by Gasteiger charge is -2.09. The Bertz CT molecular complexity index is 158. The predicted molar refractivity (Wildman–Crippen MR) is 49.2 cm³/mol. The molecule has 0 spiro atoms. The van der Waals surface area contributed by atoms with Crippen molar-refractivity contribution in [1.29, 1.82) is 0 Å². The molecule has 1 radical (unpaired) electrons. The van der Waals surface area contributed by atoms with Crippen LogP contribution in [0, 0.1) is 6.92 Å². The van der Waals surface area contributed by atoms with Gasteiger partial charge in [0.15, 0.2) is 0 Å². The molecule has 0 aliphatic heterocycles. The Balaban J connectivity index is 3.79. The Morgan fingerprint density at radius 2 is 2.09 bits per heavy atom. The van der Waals surface area contributed by atoms with E-state index in [9.17, 15) is 5.11 Å². The summed E-state index contributed by atoms with van der Waals surface area (Å²) in [6.45, 7) is 9.17. The molecule has 0 aliphatic carbocycles. The molecule has 1 N–H and O–H groups in total. The molecule has 0 bridgehead atoms. The molecular formula is C10H17O. The smallest absolute Gasteiger partial charge is 0.0771 e. The topological polar surface area (TPSA) is 20.2 Å². The zero-order valence-corrected chi connectivity index (χ0v) is 7.59. The maximum Gasteiger partial charge on any atom is 0.0771 e. The fourth-order valence-electron chi connectivity index (χ4n) is 0.617. The van der Waals surface area contributed by atoms with E-state index in [-0.39, 0.29) is 0 Å². The number of hydrogen-bond acceptors (Lipinski definition) is 1. The summed E-state index contributed by atoms with van der Waals surface area (Å²) >= 11 is 0. The molecule has 0 heterocycles. The molecule has 1 nitrogen and oxygen atoms in total. The second-order valence-corrected chi connectivity index (χ2v) is 3.31. The first-order valence-electron chi connectivity index (χ1n) is 3.80. The lowest BCUT2D eigenvalue weighted by atomic mass is 10.1. The van der Waals surface area contributed by atoms with Crippen LogP contribution in [0.2, 0.25) is 0 Å². The van der Waals surface area contributed by atoms with Crippen molar-refractivity contribution >= 4 is 0 Å². The standard InChI is InChI=1S/C10H17O/c1-5-9(2)7-6-8-10(3,4)11/h5-6,8,11H,1,7H2,2-4H3. The van der Waals surface area contributed by atoms with Gasteiger partial charge in [-0.1, -0.05) is 23.8 Å². The summed E-state index contributed by atoms with van der Waals surface area (Å²) < 4.78 is 0. The molecule has 0 aliphatic rings. The van der Waals surface area contributed by atoms with Crippen LogP contribution in [0.1, 0.15) is 27.2 Å². The van der Waals surface area contributed by atoms with Gasteiger partial charge in [-0.05, 0) is 34.1 Å². The van der Waals surface area contributed by atoms with Gasteiger partial charge in [0.2, 0.25) is 0 Å². The first kappa shape index (κ1) is 10.4. The Kier molecular flexibility index (Phi) is 4.12. The second kappa shape index (κ2) is 4.35. The fourth-order valence-corrected chi connectivity index (χ4v) is 0.617. The molecule has 0 aromatic carbocycles. The normalized spacial score (nSPS) is 14.5. The maximum absolute atomic E-state index is 9.28. The van der Waals surface area contributed by atoms with Gasteiger partial charge in [-0.25, -0.2) is 0 Å². The largest absolute Gasteiger partial charge is 0.386 e. The second-order valence-electron chi connectivity index (χ2n) is 3.31. The van der Waals surface area contributed by atoms with Gasteiger partial charge >= 0.3 is 0 Å². The van der Waals surface area contributed by atoms with Gasteiger partial charge < -0.3 is 5.11 Å².